The van der Waals surface area contributed by atoms with Crippen molar-refractivity contribution in [3.63, 3.8) is 0 Å². The first-order valence-electron chi connectivity index (χ1n) is 9.98. The highest BCUT2D eigenvalue weighted by Gasteiger charge is 2.47. The van der Waals surface area contributed by atoms with E-state index in [0.717, 1.165) is 5.56 Å². The highest BCUT2D eigenvalue weighted by Crippen LogP contribution is 2.40. The van der Waals surface area contributed by atoms with E-state index >= 15 is 0 Å². The molecule has 8 heteroatoms. The molecule has 7 nitrogen and oxygen atoms in total. The van der Waals surface area contributed by atoms with Crippen molar-refractivity contribution < 1.29 is 19.5 Å². The average Bonchev–Trinajstić information content (AvgIpc) is 3.04. The molecule has 0 bridgehead atoms. The summed E-state index contributed by atoms with van der Waals surface area (Å²) >= 11 is 6.03. The van der Waals surface area contributed by atoms with Crippen molar-refractivity contribution in [3.8, 4) is 0 Å². The van der Waals surface area contributed by atoms with Crippen LogP contribution in [0.3, 0.4) is 0 Å². The van der Waals surface area contributed by atoms with Crippen molar-refractivity contribution in [1.82, 2.24) is 15.1 Å². The molecule has 0 spiro atoms. The summed E-state index contributed by atoms with van der Waals surface area (Å²) in [5.41, 5.74) is 0.670. The van der Waals surface area contributed by atoms with E-state index < -0.39 is 6.09 Å². The Hall–Kier alpha value is -2.28. The number of carbonyl (C=O) groups excluding carboxylic acids is 2. The van der Waals surface area contributed by atoms with Gasteiger partial charge in [-0.2, -0.15) is 0 Å². The van der Waals surface area contributed by atoms with Crippen LogP contribution in [0.25, 0.3) is 0 Å². The summed E-state index contributed by atoms with van der Waals surface area (Å²) in [5, 5.41) is 12.2. The third-order valence-corrected chi connectivity index (χ3v) is 6.72. The van der Waals surface area contributed by atoms with Gasteiger partial charge >= 0.3 is 6.09 Å². The lowest BCUT2D eigenvalue weighted by Crippen LogP contribution is -2.43. The summed E-state index contributed by atoms with van der Waals surface area (Å²) in [7, 11) is 0. The molecule has 2 fully saturated rings. The summed E-state index contributed by atoms with van der Waals surface area (Å²) in [4.78, 5) is 39.4. The fourth-order valence-electron chi connectivity index (χ4n) is 4.58. The van der Waals surface area contributed by atoms with Gasteiger partial charge < -0.3 is 20.2 Å². The maximum Gasteiger partial charge on any atom is 0.404 e. The third kappa shape index (κ3) is 4.66. The number of hydrogen-bond donors (Lipinski definition) is 2. The molecule has 0 saturated carbocycles. The largest absolute Gasteiger partial charge is 0.465 e. The van der Waals surface area contributed by atoms with Gasteiger partial charge in [-0.05, 0) is 30.5 Å². The first kappa shape index (κ1) is 21.4. The number of amides is 3. The predicted octanol–water partition coefficient (Wildman–Crippen LogP) is 2.58. The first-order valence-corrected chi connectivity index (χ1v) is 10.4. The van der Waals surface area contributed by atoms with Crippen LogP contribution in [0.4, 0.5) is 4.79 Å². The Balaban J connectivity index is 1.75. The van der Waals surface area contributed by atoms with Gasteiger partial charge in [0.25, 0.3) is 0 Å². The standard InChI is InChI=1S/C21H28ClN3O4/c1-14(26)24-9-7-15(8-10-24)19(27)25-12-17(11-23-20(28)29)21(2,13-25)16-3-5-18(22)6-4-16/h3-6,15,17,23H,7-13H2,1-2H3,(H,28,29)/t17-,21-/m0/s1. The first-order chi connectivity index (χ1) is 13.7. The second-order valence-electron chi connectivity index (χ2n) is 8.31. The normalized spacial score (nSPS) is 25.1. The molecule has 2 N–H and O–H groups in total. The molecule has 2 atom stereocenters. The molecule has 3 amide bonds. The molecule has 1 aromatic carbocycles. The molecular weight excluding hydrogens is 394 g/mol. The minimum atomic E-state index is -1.06. The Kier molecular flexibility index (Phi) is 6.36. The summed E-state index contributed by atoms with van der Waals surface area (Å²) in [6.45, 7) is 6.17. The van der Waals surface area contributed by atoms with E-state index in [-0.39, 0.29) is 35.6 Å². The highest BCUT2D eigenvalue weighted by molar-refractivity contribution is 6.30. The molecule has 3 rings (SSSR count). The van der Waals surface area contributed by atoms with Gasteiger partial charge in [-0.25, -0.2) is 4.79 Å². The van der Waals surface area contributed by atoms with Gasteiger partial charge in [0.05, 0.1) is 0 Å². The second kappa shape index (κ2) is 8.61. The second-order valence-corrected chi connectivity index (χ2v) is 8.74. The van der Waals surface area contributed by atoms with E-state index in [2.05, 4.69) is 12.2 Å². The molecule has 1 aromatic rings. The van der Waals surface area contributed by atoms with Gasteiger partial charge in [-0.3, -0.25) is 9.59 Å². The lowest BCUT2D eigenvalue weighted by atomic mass is 9.74. The molecule has 2 aliphatic heterocycles. The van der Waals surface area contributed by atoms with Crippen LogP contribution in [-0.4, -0.2) is 65.5 Å². The summed E-state index contributed by atoms with van der Waals surface area (Å²) < 4.78 is 0. The SMILES string of the molecule is CC(=O)N1CCC(C(=O)N2C[C@H](CNC(=O)O)[C@](C)(c3ccc(Cl)cc3)C2)CC1. The van der Waals surface area contributed by atoms with Crippen molar-refractivity contribution >= 4 is 29.5 Å². The number of nitrogens with zero attached hydrogens (tertiary/aromatic N) is 2. The van der Waals surface area contributed by atoms with Gasteiger partial charge in [0, 0.05) is 61.9 Å². The van der Waals surface area contributed by atoms with Crippen LogP contribution >= 0.6 is 11.6 Å². The van der Waals surface area contributed by atoms with Crippen LogP contribution in [0.5, 0.6) is 0 Å². The van der Waals surface area contributed by atoms with E-state index in [1.54, 1.807) is 11.8 Å². The minimum absolute atomic E-state index is 0.0407. The Labute approximate surface area is 176 Å². The zero-order valence-electron chi connectivity index (χ0n) is 16.9. The lowest BCUT2D eigenvalue weighted by molar-refractivity contribution is -0.139. The number of benzene rings is 1. The maximum absolute atomic E-state index is 13.2. The number of hydrogen-bond acceptors (Lipinski definition) is 3. The van der Waals surface area contributed by atoms with Gasteiger partial charge in [0.2, 0.25) is 11.8 Å². The van der Waals surface area contributed by atoms with Crippen molar-refractivity contribution in [1.29, 1.82) is 0 Å². The molecule has 0 aliphatic carbocycles. The van der Waals surface area contributed by atoms with Crippen molar-refractivity contribution in [2.45, 2.75) is 32.1 Å². The Morgan fingerprint density at radius 1 is 1.17 bits per heavy atom. The third-order valence-electron chi connectivity index (χ3n) is 6.47. The number of nitrogens with one attached hydrogen (secondary N) is 1. The minimum Gasteiger partial charge on any atom is -0.465 e. The fraction of sp³-hybridized carbons (Fsp3) is 0.571. The smallest absolute Gasteiger partial charge is 0.404 e. The molecule has 158 valence electrons. The number of piperidine rings is 1. The number of rotatable bonds is 4. The molecule has 2 heterocycles. The number of halogens is 1. The van der Waals surface area contributed by atoms with Gasteiger partial charge in [0.1, 0.15) is 0 Å². The Morgan fingerprint density at radius 2 is 1.79 bits per heavy atom. The van der Waals surface area contributed by atoms with Crippen LogP contribution in [0.2, 0.25) is 5.02 Å². The quantitative estimate of drug-likeness (QED) is 0.781. The molecule has 29 heavy (non-hydrogen) atoms. The molecule has 0 aromatic heterocycles. The summed E-state index contributed by atoms with van der Waals surface area (Å²) in [5.74, 6) is 0.0192. The molecular formula is C21H28ClN3O4. The number of carboxylic acid groups (broad SMARTS) is 1. The van der Waals surface area contributed by atoms with Crippen molar-refractivity contribution in [3.05, 3.63) is 34.9 Å². The summed E-state index contributed by atoms with van der Waals surface area (Å²) in [6, 6.07) is 7.56. The monoisotopic (exact) mass is 421 g/mol. The van der Waals surface area contributed by atoms with E-state index in [4.69, 9.17) is 16.7 Å². The number of likely N-dealkylation sites (tertiary alicyclic amines) is 2. The zero-order valence-corrected chi connectivity index (χ0v) is 17.6. The van der Waals surface area contributed by atoms with E-state index in [1.807, 2.05) is 29.2 Å². The van der Waals surface area contributed by atoms with Crippen LogP contribution in [-0.2, 0) is 15.0 Å². The average molecular weight is 422 g/mol. The topological polar surface area (TPSA) is 90.0 Å². The maximum atomic E-state index is 13.2. The van der Waals surface area contributed by atoms with Crippen molar-refractivity contribution in [2.75, 3.05) is 32.7 Å². The number of carbonyl (C=O) groups is 3. The fourth-order valence-corrected chi connectivity index (χ4v) is 4.71. The Morgan fingerprint density at radius 3 is 2.34 bits per heavy atom. The van der Waals surface area contributed by atoms with Crippen LogP contribution in [0.15, 0.2) is 24.3 Å². The van der Waals surface area contributed by atoms with E-state index in [9.17, 15) is 14.4 Å². The highest BCUT2D eigenvalue weighted by atomic mass is 35.5. The van der Waals surface area contributed by atoms with Crippen LogP contribution < -0.4 is 5.32 Å². The lowest BCUT2D eigenvalue weighted by Gasteiger charge is -2.33. The molecule has 2 aliphatic rings. The van der Waals surface area contributed by atoms with Gasteiger partial charge in [-0.15, -0.1) is 0 Å². The van der Waals surface area contributed by atoms with Gasteiger partial charge in [0.15, 0.2) is 0 Å². The molecule has 0 unspecified atom stereocenters. The Bertz CT molecular complexity index is 777. The molecule has 0 radical (unpaired) electrons. The van der Waals surface area contributed by atoms with Crippen LogP contribution in [0.1, 0.15) is 32.3 Å². The van der Waals surface area contributed by atoms with Crippen LogP contribution in [0, 0.1) is 11.8 Å². The molecule has 2 saturated heterocycles. The van der Waals surface area contributed by atoms with Crippen molar-refractivity contribution in [2.24, 2.45) is 11.8 Å². The van der Waals surface area contributed by atoms with E-state index in [0.29, 0.717) is 44.0 Å². The summed E-state index contributed by atoms with van der Waals surface area (Å²) in [6.07, 6.45) is 0.278. The predicted molar refractivity (Wildman–Crippen MR) is 110 cm³/mol. The van der Waals surface area contributed by atoms with Gasteiger partial charge in [-0.1, -0.05) is 30.7 Å². The zero-order chi connectivity index (χ0) is 21.2. The van der Waals surface area contributed by atoms with E-state index in [1.165, 1.54) is 0 Å².